The van der Waals surface area contributed by atoms with Crippen molar-refractivity contribution >= 4 is 23.2 Å². The summed E-state index contributed by atoms with van der Waals surface area (Å²) in [5, 5.41) is 1.24. The van der Waals surface area contributed by atoms with E-state index in [4.69, 9.17) is 28.9 Å². The van der Waals surface area contributed by atoms with Crippen molar-refractivity contribution in [2.75, 3.05) is 0 Å². The number of nitrogens with two attached hydrogens (primary N) is 1. The highest BCUT2D eigenvalue weighted by Crippen LogP contribution is 2.24. The molecule has 2 rings (SSSR count). The lowest BCUT2D eigenvalue weighted by Gasteiger charge is -2.13. The Balaban J connectivity index is 2.16. The zero-order valence-electron chi connectivity index (χ0n) is 10.2. The maximum absolute atomic E-state index is 6.19. The molecule has 0 aliphatic rings. The third-order valence-corrected chi connectivity index (χ3v) is 3.33. The number of benzene rings is 2. The van der Waals surface area contributed by atoms with Crippen LogP contribution >= 0.6 is 23.2 Å². The number of hydrogen-bond donors (Lipinski definition) is 1. The molecule has 0 amide bonds. The molecule has 1 unspecified atom stereocenters. The molecule has 3 heteroatoms. The minimum atomic E-state index is -0.0936. The van der Waals surface area contributed by atoms with Crippen molar-refractivity contribution in [2.24, 2.45) is 5.73 Å². The summed E-state index contributed by atoms with van der Waals surface area (Å²) in [6.45, 7) is 2.07. The molecular formula is C15H15Cl2N. The van der Waals surface area contributed by atoms with Crippen LogP contribution in [0.25, 0.3) is 0 Å². The van der Waals surface area contributed by atoms with Crippen molar-refractivity contribution in [2.45, 2.75) is 19.4 Å². The summed E-state index contributed by atoms with van der Waals surface area (Å²) in [6, 6.07) is 13.7. The standard InChI is InChI=1S/C15H15Cl2N/c1-10-2-4-11(5-3-10)6-15(18)12-7-13(16)9-14(17)8-12/h2-5,7-9,15H,6,18H2,1H3. The van der Waals surface area contributed by atoms with Gasteiger partial charge in [0.25, 0.3) is 0 Å². The SMILES string of the molecule is Cc1ccc(CC(N)c2cc(Cl)cc(Cl)c2)cc1. The summed E-state index contributed by atoms with van der Waals surface area (Å²) in [5.74, 6) is 0. The quantitative estimate of drug-likeness (QED) is 0.877. The molecule has 18 heavy (non-hydrogen) atoms. The highest BCUT2D eigenvalue weighted by Gasteiger charge is 2.09. The minimum Gasteiger partial charge on any atom is -0.324 e. The minimum absolute atomic E-state index is 0.0936. The second kappa shape index (κ2) is 5.75. The molecule has 2 N–H and O–H groups in total. The van der Waals surface area contributed by atoms with Crippen LogP contribution in [-0.2, 0) is 6.42 Å². The molecular weight excluding hydrogens is 265 g/mol. The predicted molar refractivity (Wildman–Crippen MR) is 78.3 cm³/mol. The second-order valence-electron chi connectivity index (χ2n) is 4.50. The van der Waals surface area contributed by atoms with Crippen LogP contribution in [0.1, 0.15) is 22.7 Å². The maximum atomic E-state index is 6.19. The summed E-state index contributed by atoms with van der Waals surface area (Å²) in [4.78, 5) is 0. The van der Waals surface area contributed by atoms with Gasteiger partial charge in [0.05, 0.1) is 0 Å². The molecule has 2 aromatic carbocycles. The topological polar surface area (TPSA) is 26.0 Å². The molecule has 0 fully saturated rings. The largest absolute Gasteiger partial charge is 0.324 e. The van der Waals surface area contributed by atoms with Crippen LogP contribution in [0.3, 0.4) is 0 Å². The van der Waals surface area contributed by atoms with Crippen LogP contribution in [0.2, 0.25) is 10.0 Å². The molecule has 0 spiro atoms. The number of halogens is 2. The smallest absolute Gasteiger partial charge is 0.0424 e. The van der Waals surface area contributed by atoms with E-state index in [1.165, 1.54) is 11.1 Å². The monoisotopic (exact) mass is 279 g/mol. The first kappa shape index (κ1) is 13.4. The van der Waals surface area contributed by atoms with E-state index in [0.717, 1.165) is 12.0 Å². The zero-order valence-corrected chi connectivity index (χ0v) is 11.7. The van der Waals surface area contributed by atoms with Crippen molar-refractivity contribution in [3.63, 3.8) is 0 Å². The van der Waals surface area contributed by atoms with E-state index in [1.54, 1.807) is 6.07 Å². The number of aryl methyl sites for hydroxylation is 1. The van der Waals surface area contributed by atoms with Crippen LogP contribution in [0, 0.1) is 6.92 Å². The summed E-state index contributed by atoms with van der Waals surface area (Å²) >= 11 is 12.0. The number of hydrogen-bond acceptors (Lipinski definition) is 1. The van der Waals surface area contributed by atoms with E-state index in [9.17, 15) is 0 Å². The van der Waals surface area contributed by atoms with E-state index in [0.29, 0.717) is 10.0 Å². The molecule has 0 radical (unpaired) electrons. The molecule has 0 bridgehead atoms. The van der Waals surface area contributed by atoms with E-state index in [-0.39, 0.29) is 6.04 Å². The molecule has 0 aromatic heterocycles. The summed E-state index contributed by atoms with van der Waals surface area (Å²) < 4.78 is 0. The van der Waals surface area contributed by atoms with Crippen molar-refractivity contribution in [3.05, 3.63) is 69.2 Å². The van der Waals surface area contributed by atoms with Crippen molar-refractivity contribution < 1.29 is 0 Å². The van der Waals surface area contributed by atoms with Crippen molar-refractivity contribution in [1.82, 2.24) is 0 Å². The average Bonchev–Trinajstić information content (AvgIpc) is 2.31. The van der Waals surface area contributed by atoms with Gasteiger partial charge in [0.15, 0.2) is 0 Å². The fourth-order valence-corrected chi connectivity index (χ4v) is 2.43. The van der Waals surface area contributed by atoms with Gasteiger partial charge in [-0.15, -0.1) is 0 Å². The van der Waals surface area contributed by atoms with Crippen LogP contribution in [0.15, 0.2) is 42.5 Å². The Kier molecular flexibility index (Phi) is 4.28. The molecule has 94 valence electrons. The Morgan fingerprint density at radius 1 is 1.00 bits per heavy atom. The first-order valence-electron chi connectivity index (χ1n) is 5.82. The van der Waals surface area contributed by atoms with Gasteiger partial charge in [-0.3, -0.25) is 0 Å². The van der Waals surface area contributed by atoms with Gasteiger partial charge < -0.3 is 5.73 Å². The van der Waals surface area contributed by atoms with Crippen LogP contribution in [0.5, 0.6) is 0 Å². The van der Waals surface area contributed by atoms with Crippen LogP contribution in [-0.4, -0.2) is 0 Å². The average molecular weight is 280 g/mol. The van der Waals surface area contributed by atoms with E-state index in [2.05, 4.69) is 31.2 Å². The van der Waals surface area contributed by atoms with Crippen LogP contribution < -0.4 is 5.73 Å². The molecule has 0 aliphatic carbocycles. The van der Waals surface area contributed by atoms with Gasteiger partial charge in [0.2, 0.25) is 0 Å². The summed E-state index contributed by atoms with van der Waals surface area (Å²) in [5.41, 5.74) is 9.61. The van der Waals surface area contributed by atoms with E-state index < -0.39 is 0 Å². The normalized spacial score (nSPS) is 12.4. The fourth-order valence-electron chi connectivity index (χ4n) is 1.89. The lowest BCUT2D eigenvalue weighted by atomic mass is 9.99. The predicted octanol–water partition coefficient (Wildman–Crippen LogP) is 4.54. The lowest BCUT2D eigenvalue weighted by Crippen LogP contribution is -2.13. The Morgan fingerprint density at radius 3 is 2.11 bits per heavy atom. The Morgan fingerprint density at radius 2 is 1.56 bits per heavy atom. The third kappa shape index (κ3) is 3.49. The van der Waals surface area contributed by atoms with Gasteiger partial charge >= 0.3 is 0 Å². The van der Waals surface area contributed by atoms with Crippen molar-refractivity contribution in [1.29, 1.82) is 0 Å². The first-order chi connectivity index (χ1) is 8.54. The highest BCUT2D eigenvalue weighted by molar-refractivity contribution is 6.34. The first-order valence-corrected chi connectivity index (χ1v) is 6.57. The van der Waals surface area contributed by atoms with Gasteiger partial charge in [0.1, 0.15) is 0 Å². The van der Waals surface area contributed by atoms with Gasteiger partial charge in [-0.1, -0.05) is 53.0 Å². The molecule has 0 heterocycles. The summed E-state index contributed by atoms with van der Waals surface area (Å²) in [7, 11) is 0. The summed E-state index contributed by atoms with van der Waals surface area (Å²) in [6.07, 6.45) is 0.775. The van der Waals surface area contributed by atoms with Crippen molar-refractivity contribution in [3.8, 4) is 0 Å². The zero-order chi connectivity index (χ0) is 13.1. The molecule has 0 saturated heterocycles. The van der Waals surface area contributed by atoms with Gasteiger partial charge in [0, 0.05) is 16.1 Å². The van der Waals surface area contributed by atoms with E-state index in [1.807, 2.05) is 12.1 Å². The fraction of sp³-hybridized carbons (Fsp3) is 0.200. The van der Waals surface area contributed by atoms with Gasteiger partial charge in [-0.05, 0) is 42.7 Å². The van der Waals surface area contributed by atoms with E-state index >= 15 is 0 Å². The number of rotatable bonds is 3. The lowest BCUT2D eigenvalue weighted by molar-refractivity contribution is 0.722. The molecule has 0 aliphatic heterocycles. The molecule has 1 atom stereocenters. The Labute approximate surface area is 118 Å². The molecule has 0 saturated carbocycles. The van der Waals surface area contributed by atoms with Gasteiger partial charge in [-0.2, -0.15) is 0 Å². The highest BCUT2D eigenvalue weighted by atomic mass is 35.5. The second-order valence-corrected chi connectivity index (χ2v) is 5.37. The molecule has 1 nitrogen and oxygen atoms in total. The Hall–Kier alpha value is -1.02. The van der Waals surface area contributed by atoms with Gasteiger partial charge in [-0.25, -0.2) is 0 Å². The third-order valence-electron chi connectivity index (χ3n) is 2.89. The maximum Gasteiger partial charge on any atom is 0.0424 e. The Bertz CT molecular complexity index is 514. The molecule has 2 aromatic rings. The van der Waals surface area contributed by atoms with Crippen LogP contribution in [0.4, 0.5) is 0 Å².